The Labute approximate surface area is 139 Å². The average Bonchev–Trinajstić information content (AvgIpc) is 2.80. The van der Waals surface area contributed by atoms with Crippen molar-refractivity contribution in [1.82, 2.24) is 4.90 Å². The molecule has 4 nitrogen and oxygen atoms in total. The highest BCUT2D eigenvalue weighted by molar-refractivity contribution is 6.14. The molecule has 0 spiro atoms. The van der Waals surface area contributed by atoms with Gasteiger partial charge in [-0.1, -0.05) is 42.5 Å². The summed E-state index contributed by atoms with van der Waals surface area (Å²) in [7, 11) is 0. The van der Waals surface area contributed by atoms with Crippen LogP contribution in [0.25, 0.3) is 6.08 Å². The first-order valence-corrected chi connectivity index (χ1v) is 7.69. The van der Waals surface area contributed by atoms with Crippen molar-refractivity contribution in [3.05, 3.63) is 72.1 Å². The maximum atomic E-state index is 13.1. The van der Waals surface area contributed by atoms with Crippen LogP contribution in [0.3, 0.4) is 0 Å². The van der Waals surface area contributed by atoms with Crippen LogP contribution in [0, 0.1) is 5.82 Å². The van der Waals surface area contributed by atoms with Crippen LogP contribution < -0.4 is 4.90 Å². The molecule has 0 aromatic heterocycles. The highest BCUT2D eigenvalue weighted by atomic mass is 19.1. The second kappa shape index (κ2) is 6.66. The Bertz CT molecular complexity index is 772. The SMILES string of the molecule is C[C@H]1C(=O)N(C/C=C\c2ccccc2)C(=O)N1c1ccc(F)cc1. The Morgan fingerprint density at radius 2 is 1.71 bits per heavy atom. The Morgan fingerprint density at radius 3 is 2.38 bits per heavy atom. The van der Waals surface area contributed by atoms with E-state index in [1.54, 1.807) is 13.0 Å². The third kappa shape index (κ3) is 3.06. The molecule has 3 rings (SSSR count). The number of benzene rings is 2. The van der Waals surface area contributed by atoms with E-state index in [4.69, 9.17) is 0 Å². The van der Waals surface area contributed by atoms with E-state index in [2.05, 4.69) is 0 Å². The van der Waals surface area contributed by atoms with E-state index in [1.165, 1.54) is 34.1 Å². The molecule has 122 valence electrons. The van der Waals surface area contributed by atoms with Crippen LogP contribution in [0.4, 0.5) is 14.9 Å². The summed E-state index contributed by atoms with van der Waals surface area (Å²) in [5.41, 5.74) is 1.51. The standard InChI is InChI=1S/C19H17FN2O2/c1-14-18(23)21(13-5-8-15-6-3-2-4-7-15)19(24)22(14)17-11-9-16(20)10-12-17/h2-12,14H,13H2,1H3/b8-5-/t14-/m0/s1. The second-order valence-corrected chi connectivity index (χ2v) is 5.57. The molecule has 2 aromatic carbocycles. The number of rotatable bonds is 4. The molecule has 24 heavy (non-hydrogen) atoms. The number of imide groups is 1. The van der Waals surface area contributed by atoms with Crippen molar-refractivity contribution >= 4 is 23.7 Å². The zero-order valence-corrected chi connectivity index (χ0v) is 13.2. The highest BCUT2D eigenvalue weighted by Crippen LogP contribution is 2.25. The lowest BCUT2D eigenvalue weighted by atomic mass is 10.2. The first kappa shape index (κ1) is 15.9. The number of nitrogens with zero attached hydrogens (tertiary/aromatic N) is 2. The summed E-state index contributed by atoms with van der Waals surface area (Å²) in [6.45, 7) is 1.87. The van der Waals surface area contributed by atoms with E-state index in [0.717, 1.165) is 5.56 Å². The molecule has 0 N–H and O–H groups in total. The fourth-order valence-electron chi connectivity index (χ4n) is 2.69. The van der Waals surface area contributed by atoms with Gasteiger partial charge in [0.15, 0.2) is 0 Å². The van der Waals surface area contributed by atoms with Gasteiger partial charge in [0.05, 0.1) is 0 Å². The molecule has 0 radical (unpaired) electrons. The minimum atomic E-state index is -0.604. The molecule has 1 atom stereocenters. The van der Waals surface area contributed by atoms with Crippen molar-refractivity contribution in [2.75, 3.05) is 11.4 Å². The molecule has 1 aliphatic rings. The van der Waals surface area contributed by atoms with Crippen LogP contribution in [0.1, 0.15) is 12.5 Å². The summed E-state index contributed by atoms with van der Waals surface area (Å²) in [6, 6.07) is 14.2. The minimum Gasteiger partial charge on any atom is -0.282 e. The van der Waals surface area contributed by atoms with Gasteiger partial charge in [-0.3, -0.25) is 14.6 Å². The lowest BCUT2D eigenvalue weighted by Gasteiger charge is -2.19. The molecular formula is C19H17FN2O2. The predicted octanol–water partition coefficient (Wildman–Crippen LogP) is 3.70. The average molecular weight is 324 g/mol. The molecule has 1 saturated heterocycles. The summed E-state index contributed by atoms with van der Waals surface area (Å²) >= 11 is 0. The van der Waals surface area contributed by atoms with Crippen LogP contribution in [-0.2, 0) is 4.79 Å². The predicted molar refractivity (Wildman–Crippen MR) is 90.9 cm³/mol. The van der Waals surface area contributed by atoms with Crippen LogP contribution in [0.2, 0.25) is 0 Å². The molecular weight excluding hydrogens is 307 g/mol. The van der Waals surface area contributed by atoms with E-state index >= 15 is 0 Å². The van der Waals surface area contributed by atoms with Crippen LogP contribution >= 0.6 is 0 Å². The number of anilines is 1. The molecule has 2 aromatic rings. The van der Waals surface area contributed by atoms with E-state index in [1.807, 2.05) is 36.4 Å². The second-order valence-electron chi connectivity index (χ2n) is 5.57. The first-order valence-electron chi connectivity index (χ1n) is 7.69. The van der Waals surface area contributed by atoms with Crippen molar-refractivity contribution in [2.24, 2.45) is 0 Å². The lowest BCUT2D eigenvalue weighted by Crippen LogP contribution is -2.33. The number of carbonyl (C=O) groups excluding carboxylic acids is 2. The van der Waals surface area contributed by atoms with Gasteiger partial charge in [0.25, 0.3) is 5.91 Å². The Morgan fingerprint density at radius 1 is 1.04 bits per heavy atom. The largest absolute Gasteiger partial charge is 0.332 e. The fraction of sp³-hybridized carbons (Fsp3) is 0.158. The van der Waals surface area contributed by atoms with Gasteiger partial charge in [-0.25, -0.2) is 9.18 Å². The van der Waals surface area contributed by atoms with Crippen molar-refractivity contribution in [2.45, 2.75) is 13.0 Å². The molecule has 0 saturated carbocycles. The normalized spacial score (nSPS) is 18.0. The Balaban J connectivity index is 1.75. The fourth-order valence-corrected chi connectivity index (χ4v) is 2.69. The number of halogens is 1. The van der Waals surface area contributed by atoms with Crippen LogP contribution in [-0.4, -0.2) is 29.4 Å². The van der Waals surface area contributed by atoms with Crippen molar-refractivity contribution in [3.8, 4) is 0 Å². The molecule has 3 amide bonds. The Hall–Kier alpha value is -2.95. The molecule has 1 aliphatic heterocycles. The van der Waals surface area contributed by atoms with Crippen LogP contribution in [0.5, 0.6) is 0 Å². The third-order valence-electron chi connectivity index (χ3n) is 3.95. The van der Waals surface area contributed by atoms with Gasteiger partial charge in [0.2, 0.25) is 0 Å². The zero-order valence-electron chi connectivity index (χ0n) is 13.2. The lowest BCUT2D eigenvalue weighted by molar-refractivity contribution is -0.126. The van der Waals surface area contributed by atoms with Gasteiger partial charge in [-0.05, 0) is 36.8 Å². The summed E-state index contributed by atoms with van der Waals surface area (Å²) < 4.78 is 13.1. The van der Waals surface area contributed by atoms with Crippen molar-refractivity contribution in [1.29, 1.82) is 0 Å². The maximum absolute atomic E-state index is 13.1. The summed E-state index contributed by atoms with van der Waals surface area (Å²) in [6.07, 6.45) is 3.65. The molecule has 1 fully saturated rings. The Kier molecular flexibility index (Phi) is 4.42. The van der Waals surface area contributed by atoms with E-state index < -0.39 is 12.1 Å². The van der Waals surface area contributed by atoms with Gasteiger partial charge in [0, 0.05) is 12.2 Å². The summed E-state index contributed by atoms with van der Waals surface area (Å²) in [5, 5.41) is 0. The van der Waals surface area contributed by atoms with Gasteiger partial charge < -0.3 is 0 Å². The first-order chi connectivity index (χ1) is 11.6. The molecule has 5 heteroatoms. The number of carbonyl (C=O) groups is 2. The quantitative estimate of drug-likeness (QED) is 0.805. The number of amides is 3. The smallest absolute Gasteiger partial charge is 0.282 e. The van der Waals surface area contributed by atoms with Crippen LogP contribution in [0.15, 0.2) is 60.7 Å². The van der Waals surface area contributed by atoms with Gasteiger partial charge in [-0.2, -0.15) is 0 Å². The van der Waals surface area contributed by atoms with E-state index in [9.17, 15) is 14.0 Å². The van der Waals surface area contributed by atoms with Gasteiger partial charge >= 0.3 is 6.03 Å². The van der Waals surface area contributed by atoms with Gasteiger partial charge in [0.1, 0.15) is 11.9 Å². The summed E-state index contributed by atoms with van der Waals surface area (Å²) in [4.78, 5) is 27.5. The van der Waals surface area contributed by atoms with E-state index in [0.29, 0.717) is 5.69 Å². The number of urea groups is 1. The monoisotopic (exact) mass is 324 g/mol. The zero-order chi connectivity index (χ0) is 17.1. The molecule has 0 aliphatic carbocycles. The molecule has 0 bridgehead atoms. The third-order valence-corrected chi connectivity index (χ3v) is 3.95. The number of hydrogen-bond donors (Lipinski definition) is 0. The van der Waals surface area contributed by atoms with Crippen molar-refractivity contribution in [3.63, 3.8) is 0 Å². The minimum absolute atomic E-state index is 0.203. The molecule has 0 unspecified atom stereocenters. The maximum Gasteiger partial charge on any atom is 0.332 e. The van der Waals surface area contributed by atoms with Crippen molar-refractivity contribution < 1.29 is 14.0 Å². The topological polar surface area (TPSA) is 40.6 Å². The number of hydrogen-bond acceptors (Lipinski definition) is 2. The highest BCUT2D eigenvalue weighted by Gasteiger charge is 2.42. The molecule has 1 heterocycles. The summed E-state index contributed by atoms with van der Waals surface area (Å²) in [5.74, 6) is -0.644. The van der Waals surface area contributed by atoms with Gasteiger partial charge in [-0.15, -0.1) is 0 Å². The van der Waals surface area contributed by atoms with E-state index in [-0.39, 0.29) is 18.3 Å².